The molecular formula is C20H26N4O5S. The van der Waals surface area contributed by atoms with E-state index in [0.29, 0.717) is 5.69 Å². The lowest BCUT2D eigenvalue weighted by atomic mass is 10.2. The number of ether oxygens (including phenoxy) is 1. The molecule has 10 heteroatoms. The number of nitro benzene ring substituents is 1. The molecule has 2 N–H and O–H groups in total. The Kier molecular flexibility index (Phi) is 6.91. The number of nitrogens with zero attached hydrogens (tertiary/aromatic N) is 2. The second-order valence-corrected chi connectivity index (χ2v) is 8.99. The molecule has 1 aliphatic rings. The largest absolute Gasteiger partial charge is 0.383 e. The van der Waals surface area contributed by atoms with Crippen molar-refractivity contribution >= 4 is 32.8 Å². The Balaban J connectivity index is 1.81. The van der Waals surface area contributed by atoms with E-state index < -0.39 is 21.0 Å². The van der Waals surface area contributed by atoms with E-state index in [1.807, 2.05) is 24.3 Å². The van der Waals surface area contributed by atoms with Gasteiger partial charge in [0.1, 0.15) is 5.69 Å². The van der Waals surface area contributed by atoms with Gasteiger partial charge in [0.05, 0.1) is 16.4 Å². The van der Waals surface area contributed by atoms with Crippen LogP contribution in [0.4, 0.5) is 22.7 Å². The fourth-order valence-corrected chi connectivity index (χ4v) is 4.69. The molecule has 1 atom stereocenters. The SMILES string of the molecule is COCC(C)NS(=O)(=O)c1ccc(Nc2ccc(N3CCCC3)cc2)c([N+](=O)[O-])c1. The van der Waals surface area contributed by atoms with Crippen molar-refractivity contribution in [3.8, 4) is 0 Å². The van der Waals surface area contributed by atoms with Gasteiger partial charge < -0.3 is 15.0 Å². The summed E-state index contributed by atoms with van der Waals surface area (Å²) in [6, 6.07) is 11.0. The van der Waals surface area contributed by atoms with E-state index in [1.165, 1.54) is 32.1 Å². The molecule has 2 aromatic rings. The molecule has 1 aliphatic heterocycles. The highest BCUT2D eigenvalue weighted by Gasteiger charge is 2.23. The minimum Gasteiger partial charge on any atom is -0.383 e. The lowest BCUT2D eigenvalue weighted by Gasteiger charge is -2.18. The summed E-state index contributed by atoms with van der Waals surface area (Å²) in [5.41, 5.74) is 1.70. The molecule has 3 rings (SSSR count). The molecule has 162 valence electrons. The van der Waals surface area contributed by atoms with E-state index in [0.717, 1.165) is 24.8 Å². The first-order chi connectivity index (χ1) is 14.3. The molecule has 0 spiro atoms. The normalized spacial score (nSPS) is 15.2. The highest BCUT2D eigenvalue weighted by Crippen LogP contribution is 2.31. The third-order valence-electron chi connectivity index (χ3n) is 4.87. The molecule has 2 aromatic carbocycles. The molecule has 1 saturated heterocycles. The Labute approximate surface area is 176 Å². The van der Waals surface area contributed by atoms with E-state index in [-0.39, 0.29) is 22.9 Å². The summed E-state index contributed by atoms with van der Waals surface area (Å²) in [6.07, 6.45) is 2.36. The molecule has 0 aliphatic carbocycles. The average molecular weight is 435 g/mol. The Morgan fingerprint density at radius 1 is 1.17 bits per heavy atom. The zero-order valence-electron chi connectivity index (χ0n) is 17.0. The van der Waals surface area contributed by atoms with Gasteiger partial charge in [-0.1, -0.05) is 0 Å². The number of hydrogen-bond acceptors (Lipinski definition) is 7. The van der Waals surface area contributed by atoms with E-state index in [4.69, 9.17) is 4.74 Å². The predicted molar refractivity (Wildman–Crippen MR) is 116 cm³/mol. The van der Waals surface area contributed by atoms with E-state index in [2.05, 4.69) is 14.9 Å². The van der Waals surface area contributed by atoms with Crippen LogP contribution in [0.1, 0.15) is 19.8 Å². The van der Waals surface area contributed by atoms with Gasteiger partial charge in [-0.15, -0.1) is 0 Å². The van der Waals surface area contributed by atoms with Crippen LogP contribution < -0.4 is 14.9 Å². The van der Waals surface area contributed by atoms with Crippen molar-refractivity contribution in [2.75, 3.05) is 37.0 Å². The van der Waals surface area contributed by atoms with Crippen LogP contribution in [0.2, 0.25) is 0 Å². The molecule has 30 heavy (non-hydrogen) atoms. The number of methoxy groups -OCH3 is 1. The summed E-state index contributed by atoms with van der Waals surface area (Å²) in [5, 5.41) is 14.6. The molecule has 0 saturated carbocycles. The van der Waals surface area contributed by atoms with Crippen LogP contribution in [0, 0.1) is 10.1 Å². The number of anilines is 3. The topological polar surface area (TPSA) is 114 Å². The zero-order chi connectivity index (χ0) is 21.7. The monoisotopic (exact) mass is 434 g/mol. The summed E-state index contributed by atoms with van der Waals surface area (Å²) >= 11 is 0. The van der Waals surface area contributed by atoms with Crippen LogP contribution in [0.3, 0.4) is 0 Å². The molecule has 1 unspecified atom stereocenters. The lowest BCUT2D eigenvalue weighted by molar-refractivity contribution is -0.384. The minimum atomic E-state index is -3.91. The van der Waals surface area contributed by atoms with Gasteiger partial charge in [0.15, 0.2) is 0 Å². The van der Waals surface area contributed by atoms with Crippen molar-refractivity contribution in [3.05, 3.63) is 52.6 Å². The summed E-state index contributed by atoms with van der Waals surface area (Å²) in [5.74, 6) is 0. The summed E-state index contributed by atoms with van der Waals surface area (Å²) in [4.78, 5) is 13.1. The van der Waals surface area contributed by atoms with Gasteiger partial charge in [-0.05, 0) is 56.2 Å². The highest BCUT2D eigenvalue weighted by molar-refractivity contribution is 7.89. The number of rotatable bonds is 9. The highest BCUT2D eigenvalue weighted by atomic mass is 32.2. The van der Waals surface area contributed by atoms with Gasteiger partial charge in [-0.2, -0.15) is 0 Å². The number of benzene rings is 2. The van der Waals surface area contributed by atoms with Crippen LogP contribution >= 0.6 is 0 Å². The van der Waals surface area contributed by atoms with Crippen molar-refractivity contribution in [3.63, 3.8) is 0 Å². The quantitative estimate of drug-likeness (QED) is 0.460. The summed E-state index contributed by atoms with van der Waals surface area (Å²) in [6.45, 7) is 3.90. The Morgan fingerprint density at radius 3 is 2.43 bits per heavy atom. The van der Waals surface area contributed by atoms with Gasteiger partial charge in [0.2, 0.25) is 10.0 Å². The molecular weight excluding hydrogens is 408 g/mol. The molecule has 0 radical (unpaired) electrons. The first kappa shape index (κ1) is 22.0. The number of hydrogen-bond donors (Lipinski definition) is 2. The standard InChI is InChI=1S/C20H26N4O5S/c1-15(14-29-2)22-30(27,28)18-9-10-19(20(13-18)24(25)26)21-16-5-7-17(8-6-16)23-11-3-4-12-23/h5-10,13,15,21-22H,3-4,11-12,14H2,1-2H3. The van der Waals surface area contributed by atoms with Gasteiger partial charge in [0, 0.05) is 43.7 Å². The third-order valence-corrected chi connectivity index (χ3v) is 6.45. The molecule has 1 fully saturated rings. The number of sulfonamides is 1. The molecule has 9 nitrogen and oxygen atoms in total. The summed E-state index contributed by atoms with van der Waals surface area (Å²) < 4.78 is 32.4. The zero-order valence-corrected chi connectivity index (χ0v) is 17.8. The maximum atomic E-state index is 12.5. The number of nitro groups is 1. The van der Waals surface area contributed by atoms with Crippen LogP contribution in [-0.4, -0.2) is 46.2 Å². The molecule has 0 amide bonds. The van der Waals surface area contributed by atoms with Crippen molar-refractivity contribution in [1.82, 2.24) is 4.72 Å². The van der Waals surface area contributed by atoms with Crippen molar-refractivity contribution < 1.29 is 18.1 Å². The molecule has 1 heterocycles. The maximum absolute atomic E-state index is 12.5. The predicted octanol–water partition coefficient (Wildman–Crippen LogP) is 3.25. The van der Waals surface area contributed by atoms with Crippen LogP contribution in [0.5, 0.6) is 0 Å². The van der Waals surface area contributed by atoms with Gasteiger partial charge in [-0.3, -0.25) is 10.1 Å². The lowest BCUT2D eigenvalue weighted by Crippen LogP contribution is -2.35. The van der Waals surface area contributed by atoms with Crippen molar-refractivity contribution in [2.24, 2.45) is 0 Å². The molecule has 0 bridgehead atoms. The van der Waals surface area contributed by atoms with Gasteiger partial charge >= 0.3 is 0 Å². The van der Waals surface area contributed by atoms with Gasteiger partial charge in [0.25, 0.3) is 5.69 Å². The average Bonchev–Trinajstić information content (AvgIpc) is 3.23. The van der Waals surface area contributed by atoms with Crippen molar-refractivity contribution in [2.45, 2.75) is 30.7 Å². The number of nitrogens with one attached hydrogen (secondary N) is 2. The van der Waals surface area contributed by atoms with Crippen molar-refractivity contribution in [1.29, 1.82) is 0 Å². The Bertz CT molecular complexity index is 989. The summed E-state index contributed by atoms with van der Waals surface area (Å²) in [7, 11) is -2.44. The first-order valence-electron chi connectivity index (χ1n) is 9.72. The van der Waals surface area contributed by atoms with E-state index >= 15 is 0 Å². The van der Waals surface area contributed by atoms with Crippen LogP contribution in [0.25, 0.3) is 0 Å². The second-order valence-electron chi connectivity index (χ2n) is 7.28. The maximum Gasteiger partial charge on any atom is 0.294 e. The molecule has 0 aromatic heterocycles. The van der Waals surface area contributed by atoms with Crippen LogP contribution in [-0.2, 0) is 14.8 Å². The Hall–Kier alpha value is -2.69. The van der Waals surface area contributed by atoms with E-state index in [9.17, 15) is 18.5 Å². The van der Waals surface area contributed by atoms with Crippen LogP contribution in [0.15, 0.2) is 47.4 Å². The second kappa shape index (κ2) is 9.41. The third kappa shape index (κ3) is 5.26. The first-order valence-corrected chi connectivity index (χ1v) is 11.2. The smallest absolute Gasteiger partial charge is 0.294 e. The Morgan fingerprint density at radius 2 is 1.83 bits per heavy atom. The fraction of sp³-hybridized carbons (Fsp3) is 0.400. The van der Waals surface area contributed by atoms with Gasteiger partial charge in [-0.25, -0.2) is 13.1 Å². The fourth-order valence-electron chi connectivity index (χ4n) is 3.44. The minimum absolute atomic E-state index is 0.174. The van der Waals surface area contributed by atoms with E-state index in [1.54, 1.807) is 6.92 Å².